The second kappa shape index (κ2) is 7.44. The summed E-state index contributed by atoms with van der Waals surface area (Å²) in [5, 5.41) is 0.973. The Balaban J connectivity index is 2.23. The van der Waals surface area contributed by atoms with E-state index in [1.807, 2.05) is 0 Å². The van der Waals surface area contributed by atoms with Gasteiger partial charge in [0, 0.05) is 5.03 Å². The van der Waals surface area contributed by atoms with Crippen molar-refractivity contribution < 1.29 is 0 Å². The number of rotatable bonds is 0. The summed E-state index contributed by atoms with van der Waals surface area (Å²) >= 11 is 6.02. The topological polar surface area (TPSA) is 0 Å². The van der Waals surface area contributed by atoms with Crippen molar-refractivity contribution in [2.24, 2.45) is 0 Å². The lowest BCUT2D eigenvalue weighted by atomic mass is 10.0. The van der Waals surface area contributed by atoms with Crippen LogP contribution in [0.4, 0.5) is 0 Å². The van der Waals surface area contributed by atoms with Gasteiger partial charge in [-0.15, -0.1) is 0 Å². The average Bonchev–Trinajstić information content (AvgIpc) is 2.11. The van der Waals surface area contributed by atoms with E-state index in [9.17, 15) is 0 Å². The number of hydrogen-bond acceptors (Lipinski definition) is 0. The van der Waals surface area contributed by atoms with Gasteiger partial charge in [-0.05, 0) is 31.8 Å². The molecule has 0 aromatic rings. The first-order valence-electron chi connectivity index (χ1n) is 5.65. The third kappa shape index (κ3) is 6.15. The Morgan fingerprint density at radius 1 is 0.769 bits per heavy atom. The van der Waals surface area contributed by atoms with Gasteiger partial charge in [0.2, 0.25) is 0 Å². The first-order chi connectivity index (χ1) is 6.39. The van der Waals surface area contributed by atoms with Gasteiger partial charge in [-0.25, -0.2) is 0 Å². The predicted molar refractivity (Wildman–Crippen MR) is 58.8 cm³/mol. The Kier molecular flexibility index (Phi) is 6.35. The molecule has 1 rings (SSSR count). The Morgan fingerprint density at radius 3 is 2.00 bits per heavy atom. The van der Waals surface area contributed by atoms with E-state index in [2.05, 4.69) is 6.08 Å². The molecular weight excluding hydrogens is 180 g/mol. The van der Waals surface area contributed by atoms with Crippen molar-refractivity contribution in [1.82, 2.24) is 0 Å². The minimum Gasteiger partial charge on any atom is -0.0888 e. The first kappa shape index (κ1) is 11.1. The van der Waals surface area contributed by atoms with E-state index in [0.717, 1.165) is 17.9 Å². The van der Waals surface area contributed by atoms with Gasteiger partial charge in [0.15, 0.2) is 0 Å². The number of allylic oxidation sites excluding steroid dienone is 2. The van der Waals surface area contributed by atoms with Crippen molar-refractivity contribution in [1.29, 1.82) is 0 Å². The molecule has 1 heteroatoms. The monoisotopic (exact) mass is 199 g/mol. The van der Waals surface area contributed by atoms with Crippen molar-refractivity contribution in [3.8, 4) is 0 Å². The molecular formula is C12H20Cl. The van der Waals surface area contributed by atoms with Gasteiger partial charge in [0.1, 0.15) is 0 Å². The van der Waals surface area contributed by atoms with Crippen LogP contribution in [0.25, 0.3) is 0 Å². The molecule has 1 aliphatic carbocycles. The Hall–Kier alpha value is 0.0300. The molecule has 75 valence electrons. The summed E-state index contributed by atoms with van der Waals surface area (Å²) in [4.78, 5) is 0. The molecule has 0 atom stereocenters. The lowest BCUT2D eigenvalue weighted by molar-refractivity contribution is 0.563. The molecule has 0 spiro atoms. The van der Waals surface area contributed by atoms with Crippen molar-refractivity contribution in [3.63, 3.8) is 0 Å². The minimum absolute atomic E-state index is 0.973. The van der Waals surface area contributed by atoms with Crippen LogP contribution in [0.3, 0.4) is 0 Å². The molecule has 0 N–H and O–H groups in total. The molecule has 0 nitrogen and oxygen atoms in total. The van der Waals surface area contributed by atoms with E-state index in [-0.39, 0.29) is 0 Å². The maximum atomic E-state index is 6.02. The smallest absolute Gasteiger partial charge is 0.0216 e. The van der Waals surface area contributed by atoms with Gasteiger partial charge in [-0.1, -0.05) is 50.1 Å². The van der Waals surface area contributed by atoms with E-state index in [1.54, 1.807) is 0 Å². The maximum absolute atomic E-state index is 6.02. The number of halogens is 1. The lowest BCUT2D eigenvalue weighted by Crippen LogP contribution is -1.85. The summed E-state index contributed by atoms with van der Waals surface area (Å²) in [6.07, 6.45) is 16.3. The molecule has 0 saturated heterocycles. The van der Waals surface area contributed by atoms with E-state index >= 15 is 0 Å². The zero-order valence-corrected chi connectivity index (χ0v) is 9.20. The van der Waals surface area contributed by atoms with Gasteiger partial charge in [0.05, 0.1) is 0 Å². The van der Waals surface area contributed by atoms with Crippen LogP contribution in [0.2, 0.25) is 0 Å². The van der Waals surface area contributed by atoms with Crippen molar-refractivity contribution in [3.05, 3.63) is 11.1 Å². The van der Waals surface area contributed by atoms with Crippen LogP contribution in [0.5, 0.6) is 0 Å². The first-order valence-corrected chi connectivity index (χ1v) is 6.02. The third-order valence-corrected chi connectivity index (χ3v) is 2.96. The van der Waals surface area contributed by atoms with Crippen LogP contribution < -0.4 is 0 Å². The highest BCUT2D eigenvalue weighted by atomic mass is 35.5. The fraction of sp³-hybridized carbons (Fsp3) is 0.833. The predicted octanol–water partition coefficient (Wildman–Crippen LogP) is 4.83. The van der Waals surface area contributed by atoms with E-state index in [4.69, 9.17) is 11.6 Å². The third-order valence-electron chi connectivity index (χ3n) is 2.64. The molecule has 0 aromatic carbocycles. The highest BCUT2D eigenvalue weighted by Crippen LogP contribution is 2.17. The van der Waals surface area contributed by atoms with Gasteiger partial charge >= 0.3 is 0 Å². The largest absolute Gasteiger partial charge is 0.0888 e. The number of hydrogen-bond donors (Lipinski definition) is 0. The second-order valence-corrected chi connectivity index (χ2v) is 4.37. The van der Waals surface area contributed by atoms with E-state index < -0.39 is 0 Å². The Labute approximate surface area is 87.4 Å². The van der Waals surface area contributed by atoms with Crippen LogP contribution in [-0.2, 0) is 0 Å². The normalized spacial score (nSPS) is 26.7. The molecule has 0 fully saturated rings. The summed E-state index contributed by atoms with van der Waals surface area (Å²) in [6.45, 7) is 0. The fourth-order valence-electron chi connectivity index (χ4n) is 1.78. The molecule has 13 heavy (non-hydrogen) atoms. The Bertz CT molecular complexity index is 149. The summed E-state index contributed by atoms with van der Waals surface area (Å²) in [5.41, 5.74) is 0. The quantitative estimate of drug-likeness (QED) is 0.525. The summed E-state index contributed by atoms with van der Waals surface area (Å²) < 4.78 is 0. The van der Waals surface area contributed by atoms with Crippen molar-refractivity contribution >= 4 is 11.6 Å². The molecule has 0 aromatic heterocycles. The highest BCUT2D eigenvalue weighted by Gasteiger charge is 1.97. The molecule has 0 bridgehead atoms. The van der Waals surface area contributed by atoms with Crippen LogP contribution in [-0.4, -0.2) is 0 Å². The van der Waals surface area contributed by atoms with Crippen LogP contribution >= 0.6 is 11.6 Å². The van der Waals surface area contributed by atoms with Crippen molar-refractivity contribution in [2.75, 3.05) is 0 Å². The molecule has 0 aliphatic heterocycles. The van der Waals surface area contributed by atoms with E-state index in [1.165, 1.54) is 51.4 Å². The van der Waals surface area contributed by atoms with Crippen molar-refractivity contribution in [2.45, 2.75) is 64.2 Å². The minimum atomic E-state index is 0.973. The molecule has 1 radical (unpaired) electrons. The SMILES string of the molecule is Cl/C1=[C]/CCCCCCCCCC1. The average molecular weight is 200 g/mol. The fourth-order valence-corrected chi connectivity index (χ4v) is 2.01. The van der Waals surface area contributed by atoms with E-state index in [0.29, 0.717) is 0 Å². The zero-order valence-electron chi connectivity index (χ0n) is 8.45. The lowest BCUT2D eigenvalue weighted by Gasteiger charge is -2.04. The summed E-state index contributed by atoms with van der Waals surface area (Å²) in [6, 6.07) is 0. The molecule has 0 amide bonds. The van der Waals surface area contributed by atoms with Gasteiger partial charge in [0.25, 0.3) is 0 Å². The van der Waals surface area contributed by atoms with Gasteiger partial charge in [-0.2, -0.15) is 0 Å². The van der Waals surface area contributed by atoms with Crippen LogP contribution in [0.1, 0.15) is 64.2 Å². The summed E-state index contributed by atoms with van der Waals surface area (Å²) in [5.74, 6) is 0. The molecule has 1 aliphatic rings. The molecule has 0 heterocycles. The van der Waals surface area contributed by atoms with Crippen LogP contribution in [0.15, 0.2) is 5.03 Å². The molecule has 0 saturated carbocycles. The van der Waals surface area contributed by atoms with Gasteiger partial charge < -0.3 is 0 Å². The zero-order chi connectivity index (χ0) is 9.36. The molecule has 0 unspecified atom stereocenters. The highest BCUT2D eigenvalue weighted by molar-refractivity contribution is 6.29. The second-order valence-electron chi connectivity index (χ2n) is 3.91. The summed E-state index contributed by atoms with van der Waals surface area (Å²) in [7, 11) is 0. The standard InChI is InChI=1S/C12H20Cl/c13-12-10-8-6-4-2-1-3-5-7-9-11-12/h1-10H2. The maximum Gasteiger partial charge on any atom is 0.0216 e. The Morgan fingerprint density at radius 2 is 1.31 bits per heavy atom. The van der Waals surface area contributed by atoms with Gasteiger partial charge in [-0.3, -0.25) is 0 Å². The van der Waals surface area contributed by atoms with Crippen LogP contribution in [0, 0.1) is 6.08 Å².